The van der Waals surface area contributed by atoms with Crippen molar-refractivity contribution in [3.63, 3.8) is 0 Å². The maximum absolute atomic E-state index is 12.5. The quantitative estimate of drug-likeness (QED) is 0.826. The second-order valence-electron chi connectivity index (χ2n) is 8.04. The van der Waals surface area contributed by atoms with Gasteiger partial charge in [-0.15, -0.1) is 0 Å². The van der Waals surface area contributed by atoms with E-state index < -0.39 is 0 Å². The first-order valence-electron chi connectivity index (χ1n) is 9.78. The minimum atomic E-state index is -0.229. The highest BCUT2D eigenvalue weighted by Gasteiger charge is 2.48. The summed E-state index contributed by atoms with van der Waals surface area (Å²) >= 11 is 0. The Balaban J connectivity index is 1.37. The first kappa shape index (κ1) is 17.3. The van der Waals surface area contributed by atoms with Crippen LogP contribution >= 0.6 is 0 Å². The van der Waals surface area contributed by atoms with E-state index in [1.54, 1.807) is 0 Å². The lowest BCUT2D eigenvalue weighted by atomic mass is 9.64. The summed E-state index contributed by atoms with van der Waals surface area (Å²) in [5.74, 6) is -0.891. The third-order valence-electron chi connectivity index (χ3n) is 6.55. The Bertz CT molecular complexity index is 687. The first-order valence-corrected chi connectivity index (χ1v) is 9.78. The Morgan fingerprint density at radius 1 is 1.00 bits per heavy atom. The lowest BCUT2D eigenvalue weighted by molar-refractivity contribution is -0.143. The van der Waals surface area contributed by atoms with E-state index in [4.69, 9.17) is 0 Å². The van der Waals surface area contributed by atoms with Gasteiger partial charge in [0.15, 0.2) is 0 Å². The number of hydrogen-bond acceptors (Lipinski definition) is 3. The molecule has 3 aliphatic rings. The fourth-order valence-electron chi connectivity index (χ4n) is 4.82. The van der Waals surface area contributed by atoms with Gasteiger partial charge in [-0.1, -0.05) is 49.6 Å². The van der Waals surface area contributed by atoms with Gasteiger partial charge < -0.3 is 5.32 Å². The van der Waals surface area contributed by atoms with E-state index in [0.717, 1.165) is 44.9 Å². The van der Waals surface area contributed by atoms with Gasteiger partial charge in [0.25, 0.3) is 0 Å². The van der Waals surface area contributed by atoms with Crippen molar-refractivity contribution < 1.29 is 14.4 Å². The summed E-state index contributed by atoms with van der Waals surface area (Å²) in [6, 6.07) is 10.3. The predicted octanol–water partition coefficient (Wildman–Crippen LogP) is 2.40. The minimum absolute atomic E-state index is 0.00390. The fraction of sp³-hybridized carbons (Fsp3) is 0.571. The molecule has 0 aromatic heterocycles. The smallest absolute Gasteiger partial charge is 0.240 e. The van der Waals surface area contributed by atoms with Gasteiger partial charge in [0.05, 0.1) is 11.8 Å². The van der Waals surface area contributed by atoms with Crippen LogP contribution in [0.15, 0.2) is 30.3 Å². The Kier molecular flexibility index (Phi) is 4.55. The van der Waals surface area contributed by atoms with Gasteiger partial charge in [0.1, 0.15) is 6.54 Å². The molecule has 0 bridgehead atoms. The number of fused-ring (bicyclic) bond motifs is 1. The second-order valence-corrected chi connectivity index (χ2v) is 8.04. The van der Waals surface area contributed by atoms with Crippen molar-refractivity contribution in [2.75, 3.05) is 13.1 Å². The van der Waals surface area contributed by atoms with Crippen LogP contribution in [0.5, 0.6) is 0 Å². The van der Waals surface area contributed by atoms with E-state index in [1.165, 1.54) is 10.5 Å². The van der Waals surface area contributed by atoms with Gasteiger partial charge >= 0.3 is 0 Å². The van der Waals surface area contributed by atoms with Crippen molar-refractivity contribution in [3.05, 3.63) is 35.9 Å². The van der Waals surface area contributed by atoms with Gasteiger partial charge in [-0.25, -0.2) is 0 Å². The number of imide groups is 1. The monoisotopic (exact) mass is 354 g/mol. The molecule has 26 heavy (non-hydrogen) atoms. The largest absolute Gasteiger partial charge is 0.354 e. The Morgan fingerprint density at radius 2 is 1.62 bits per heavy atom. The molecule has 1 aliphatic heterocycles. The Hall–Kier alpha value is -2.17. The SMILES string of the molecule is O=C(CN1C(=O)[C@H]2CCCC[C@@H]2C1=O)NCC1(c2ccccc2)CCC1. The lowest BCUT2D eigenvalue weighted by Crippen LogP contribution is -2.48. The van der Waals surface area contributed by atoms with Gasteiger partial charge in [-0.3, -0.25) is 19.3 Å². The van der Waals surface area contributed by atoms with Crippen LogP contribution in [0.4, 0.5) is 0 Å². The van der Waals surface area contributed by atoms with E-state index in [1.807, 2.05) is 18.2 Å². The number of nitrogens with one attached hydrogen (secondary N) is 1. The van der Waals surface area contributed by atoms with Crippen molar-refractivity contribution in [1.29, 1.82) is 0 Å². The van der Waals surface area contributed by atoms with Crippen LogP contribution in [0.1, 0.15) is 50.5 Å². The summed E-state index contributed by atoms with van der Waals surface area (Å²) in [5.41, 5.74) is 1.26. The second kappa shape index (κ2) is 6.86. The minimum Gasteiger partial charge on any atom is -0.354 e. The molecule has 5 nitrogen and oxygen atoms in total. The third kappa shape index (κ3) is 2.93. The zero-order valence-electron chi connectivity index (χ0n) is 15.1. The van der Waals surface area contributed by atoms with Crippen molar-refractivity contribution in [2.45, 2.75) is 50.4 Å². The molecule has 2 atom stereocenters. The van der Waals surface area contributed by atoms with E-state index in [2.05, 4.69) is 17.4 Å². The molecular formula is C21H26N2O3. The molecule has 0 spiro atoms. The maximum atomic E-state index is 12.5. The van der Waals surface area contributed by atoms with E-state index >= 15 is 0 Å². The number of carbonyl (C=O) groups excluding carboxylic acids is 3. The van der Waals surface area contributed by atoms with Crippen LogP contribution in [0.2, 0.25) is 0 Å². The number of amides is 3. The lowest BCUT2D eigenvalue weighted by Gasteiger charge is -2.42. The first-order chi connectivity index (χ1) is 12.6. The normalized spacial score (nSPS) is 27.0. The number of nitrogens with zero attached hydrogens (tertiary/aromatic N) is 1. The molecule has 4 rings (SSSR count). The molecule has 1 heterocycles. The summed E-state index contributed by atoms with van der Waals surface area (Å²) in [7, 11) is 0. The highest BCUT2D eigenvalue weighted by molar-refractivity contribution is 6.07. The Morgan fingerprint density at radius 3 is 2.15 bits per heavy atom. The fourth-order valence-corrected chi connectivity index (χ4v) is 4.82. The van der Waals surface area contributed by atoms with E-state index in [9.17, 15) is 14.4 Å². The summed E-state index contributed by atoms with van der Waals surface area (Å²) in [4.78, 5) is 38.7. The summed E-state index contributed by atoms with van der Waals surface area (Å²) in [5, 5.41) is 2.99. The van der Waals surface area contributed by atoms with E-state index in [0.29, 0.717) is 6.54 Å². The molecule has 1 N–H and O–H groups in total. The standard InChI is InChI=1S/C21H26N2O3/c24-18(13-23-19(25)16-9-4-5-10-17(16)20(23)26)22-14-21(11-6-12-21)15-7-2-1-3-8-15/h1-3,7-8,16-17H,4-6,9-14H2,(H,22,24)/t16-,17-/m0/s1. The van der Waals surface area contributed by atoms with Crippen molar-refractivity contribution in [1.82, 2.24) is 10.2 Å². The molecule has 138 valence electrons. The Labute approximate surface area is 154 Å². The number of hydrogen-bond donors (Lipinski definition) is 1. The topological polar surface area (TPSA) is 66.5 Å². The number of likely N-dealkylation sites (tertiary alicyclic amines) is 1. The van der Waals surface area contributed by atoms with Crippen LogP contribution in [0, 0.1) is 11.8 Å². The maximum Gasteiger partial charge on any atom is 0.240 e. The van der Waals surface area contributed by atoms with Gasteiger partial charge in [-0.2, -0.15) is 0 Å². The molecular weight excluding hydrogens is 328 g/mol. The van der Waals surface area contributed by atoms with Gasteiger partial charge in [-0.05, 0) is 31.2 Å². The highest BCUT2D eigenvalue weighted by atomic mass is 16.2. The van der Waals surface area contributed by atoms with Crippen LogP contribution in [0.3, 0.4) is 0 Å². The van der Waals surface area contributed by atoms with Crippen LogP contribution in [-0.4, -0.2) is 35.7 Å². The average molecular weight is 354 g/mol. The van der Waals surface area contributed by atoms with Crippen molar-refractivity contribution in [2.24, 2.45) is 11.8 Å². The molecule has 2 aliphatic carbocycles. The van der Waals surface area contributed by atoms with Crippen molar-refractivity contribution >= 4 is 17.7 Å². The molecule has 2 saturated carbocycles. The van der Waals surface area contributed by atoms with Gasteiger partial charge in [0.2, 0.25) is 17.7 Å². The zero-order chi connectivity index (χ0) is 18.1. The molecule has 3 amide bonds. The van der Waals surface area contributed by atoms with Crippen LogP contribution in [-0.2, 0) is 19.8 Å². The number of benzene rings is 1. The van der Waals surface area contributed by atoms with Gasteiger partial charge in [0, 0.05) is 12.0 Å². The molecule has 1 aromatic rings. The molecule has 5 heteroatoms. The summed E-state index contributed by atoms with van der Waals surface area (Å²) in [6.07, 6.45) is 6.85. The molecule has 0 radical (unpaired) electrons. The number of rotatable bonds is 5. The average Bonchev–Trinajstić information content (AvgIpc) is 2.87. The van der Waals surface area contributed by atoms with Crippen LogP contribution in [0.25, 0.3) is 0 Å². The molecule has 1 saturated heterocycles. The molecule has 0 unspecified atom stereocenters. The van der Waals surface area contributed by atoms with Crippen molar-refractivity contribution in [3.8, 4) is 0 Å². The van der Waals surface area contributed by atoms with E-state index in [-0.39, 0.29) is 41.5 Å². The van der Waals surface area contributed by atoms with Crippen LogP contribution < -0.4 is 5.32 Å². The molecule has 1 aromatic carbocycles. The third-order valence-corrected chi connectivity index (χ3v) is 6.55. The predicted molar refractivity (Wildman–Crippen MR) is 97.1 cm³/mol. The zero-order valence-corrected chi connectivity index (χ0v) is 15.1. The summed E-state index contributed by atoms with van der Waals surface area (Å²) in [6.45, 7) is 0.439. The summed E-state index contributed by atoms with van der Waals surface area (Å²) < 4.78 is 0. The molecule has 3 fully saturated rings. The number of carbonyl (C=O) groups is 3. The highest BCUT2D eigenvalue weighted by Crippen LogP contribution is 2.43.